The summed E-state index contributed by atoms with van der Waals surface area (Å²) in [6.45, 7) is 1.86. The normalized spacial score (nSPS) is 18.2. The monoisotopic (exact) mass is 200 g/mol. The Labute approximate surface area is 80.9 Å². The van der Waals surface area contributed by atoms with Crippen LogP contribution in [0.3, 0.4) is 0 Å². The number of nitrogens with one attached hydrogen (secondary N) is 1. The topological polar surface area (TPSA) is 86.7 Å². The summed E-state index contributed by atoms with van der Waals surface area (Å²) in [5.41, 5.74) is 0. The summed E-state index contributed by atoms with van der Waals surface area (Å²) in [6.07, 6.45) is -0.0446. The number of aliphatic carboxylic acids is 1. The molecule has 0 bridgehead atoms. The summed E-state index contributed by atoms with van der Waals surface area (Å²) in [7, 11) is 0. The first kappa shape index (κ1) is 10.5. The van der Waals surface area contributed by atoms with Crippen LogP contribution in [0, 0.1) is 5.92 Å². The van der Waals surface area contributed by atoms with Gasteiger partial charge in [-0.2, -0.15) is 0 Å². The van der Waals surface area contributed by atoms with Gasteiger partial charge >= 0.3 is 12.0 Å². The van der Waals surface area contributed by atoms with Crippen LogP contribution in [0.25, 0.3) is 0 Å². The van der Waals surface area contributed by atoms with Crippen LogP contribution < -0.4 is 5.32 Å². The minimum atomic E-state index is -0.926. The van der Waals surface area contributed by atoms with Gasteiger partial charge in [-0.15, -0.1) is 0 Å². The standard InChI is InChI=1S/C8H12N2O4/c1-5(2-7(12)13)4-10-6(11)3-9-8(10)14/h5H,2-4H2,1H3,(H,9,14)(H,12,13). The van der Waals surface area contributed by atoms with Crippen molar-refractivity contribution in [2.24, 2.45) is 5.92 Å². The maximum absolute atomic E-state index is 11.1. The maximum Gasteiger partial charge on any atom is 0.324 e. The van der Waals surface area contributed by atoms with E-state index in [-0.39, 0.29) is 31.3 Å². The molecule has 2 N–H and O–H groups in total. The Balaban J connectivity index is 2.46. The zero-order chi connectivity index (χ0) is 10.7. The number of urea groups is 1. The largest absolute Gasteiger partial charge is 0.481 e. The molecular formula is C8H12N2O4. The van der Waals surface area contributed by atoms with Gasteiger partial charge in [0.2, 0.25) is 5.91 Å². The number of hydrogen-bond acceptors (Lipinski definition) is 3. The van der Waals surface area contributed by atoms with Gasteiger partial charge in [0.15, 0.2) is 0 Å². The van der Waals surface area contributed by atoms with E-state index in [2.05, 4.69) is 5.32 Å². The number of carboxylic acid groups (broad SMARTS) is 1. The highest BCUT2D eigenvalue weighted by Gasteiger charge is 2.29. The van der Waals surface area contributed by atoms with E-state index in [4.69, 9.17) is 5.11 Å². The second-order valence-corrected chi connectivity index (χ2v) is 3.37. The molecule has 1 unspecified atom stereocenters. The molecule has 0 saturated carbocycles. The van der Waals surface area contributed by atoms with Gasteiger partial charge in [0.1, 0.15) is 0 Å². The molecule has 1 fully saturated rings. The van der Waals surface area contributed by atoms with Crippen molar-refractivity contribution >= 4 is 17.9 Å². The molecule has 0 radical (unpaired) electrons. The van der Waals surface area contributed by atoms with Gasteiger partial charge in [-0.05, 0) is 5.92 Å². The van der Waals surface area contributed by atoms with Crippen LogP contribution in [-0.2, 0) is 9.59 Å². The second kappa shape index (κ2) is 4.08. The molecule has 1 aliphatic heterocycles. The van der Waals surface area contributed by atoms with E-state index < -0.39 is 12.0 Å². The summed E-state index contributed by atoms with van der Waals surface area (Å²) >= 11 is 0. The van der Waals surface area contributed by atoms with Crippen LogP contribution in [0.15, 0.2) is 0 Å². The fourth-order valence-electron chi connectivity index (χ4n) is 1.31. The molecule has 78 valence electrons. The summed E-state index contributed by atoms with van der Waals surface area (Å²) in [5, 5.41) is 10.9. The molecule has 0 spiro atoms. The van der Waals surface area contributed by atoms with Crippen LogP contribution in [0.1, 0.15) is 13.3 Å². The molecule has 1 heterocycles. The van der Waals surface area contributed by atoms with Gasteiger partial charge in [-0.25, -0.2) is 4.79 Å². The van der Waals surface area contributed by atoms with Crippen molar-refractivity contribution in [3.63, 3.8) is 0 Å². The van der Waals surface area contributed by atoms with Crippen LogP contribution in [0.5, 0.6) is 0 Å². The molecule has 1 aliphatic rings. The Morgan fingerprint density at radius 2 is 2.29 bits per heavy atom. The number of imide groups is 1. The molecule has 1 saturated heterocycles. The molecule has 0 aromatic carbocycles. The fraction of sp³-hybridized carbons (Fsp3) is 0.625. The van der Waals surface area contributed by atoms with E-state index >= 15 is 0 Å². The van der Waals surface area contributed by atoms with Crippen molar-refractivity contribution in [3.8, 4) is 0 Å². The van der Waals surface area contributed by atoms with Crippen LogP contribution in [0.4, 0.5) is 4.79 Å². The van der Waals surface area contributed by atoms with Crippen LogP contribution in [-0.4, -0.2) is 41.0 Å². The van der Waals surface area contributed by atoms with E-state index in [1.807, 2.05) is 0 Å². The van der Waals surface area contributed by atoms with Gasteiger partial charge in [-0.1, -0.05) is 6.92 Å². The fourth-order valence-corrected chi connectivity index (χ4v) is 1.31. The van der Waals surface area contributed by atoms with Gasteiger partial charge in [0.05, 0.1) is 6.54 Å². The first-order valence-corrected chi connectivity index (χ1v) is 4.30. The average Bonchev–Trinajstić information content (AvgIpc) is 2.34. The average molecular weight is 200 g/mol. The van der Waals surface area contributed by atoms with Gasteiger partial charge < -0.3 is 10.4 Å². The lowest BCUT2D eigenvalue weighted by Gasteiger charge is -2.16. The smallest absolute Gasteiger partial charge is 0.324 e. The Morgan fingerprint density at radius 3 is 2.71 bits per heavy atom. The highest BCUT2D eigenvalue weighted by atomic mass is 16.4. The number of carbonyl (C=O) groups is 3. The predicted molar refractivity (Wildman–Crippen MR) is 46.5 cm³/mol. The number of hydrogen-bond donors (Lipinski definition) is 2. The zero-order valence-electron chi connectivity index (χ0n) is 7.82. The molecular weight excluding hydrogens is 188 g/mol. The van der Waals surface area contributed by atoms with Crippen molar-refractivity contribution in [2.45, 2.75) is 13.3 Å². The third-order valence-corrected chi connectivity index (χ3v) is 1.95. The Kier molecular flexibility index (Phi) is 3.06. The number of amides is 3. The Bertz CT molecular complexity index is 261. The van der Waals surface area contributed by atoms with Crippen LogP contribution >= 0.6 is 0 Å². The lowest BCUT2D eigenvalue weighted by molar-refractivity contribution is -0.138. The molecule has 0 aliphatic carbocycles. The van der Waals surface area contributed by atoms with Crippen molar-refractivity contribution < 1.29 is 19.5 Å². The molecule has 1 rings (SSSR count). The molecule has 1 atom stereocenters. The third-order valence-electron chi connectivity index (χ3n) is 1.95. The van der Waals surface area contributed by atoms with Crippen LogP contribution in [0.2, 0.25) is 0 Å². The summed E-state index contributed by atoms with van der Waals surface area (Å²) < 4.78 is 0. The van der Waals surface area contributed by atoms with E-state index in [9.17, 15) is 14.4 Å². The third kappa shape index (κ3) is 2.45. The molecule has 14 heavy (non-hydrogen) atoms. The molecule has 6 heteroatoms. The first-order chi connectivity index (χ1) is 6.50. The molecule has 6 nitrogen and oxygen atoms in total. The van der Waals surface area contributed by atoms with Crippen molar-refractivity contribution in [3.05, 3.63) is 0 Å². The maximum atomic E-state index is 11.1. The lowest BCUT2D eigenvalue weighted by Crippen LogP contribution is -2.35. The summed E-state index contributed by atoms with van der Waals surface area (Å²) in [4.78, 5) is 33.5. The number of carboxylic acids is 1. The second-order valence-electron chi connectivity index (χ2n) is 3.37. The Morgan fingerprint density at radius 1 is 1.64 bits per heavy atom. The lowest BCUT2D eigenvalue weighted by atomic mass is 10.1. The highest BCUT2D eigenvalue weighted by Crippen LogP contribution is 2.08. The van der Waals surface area contributed by atoms with Crippen molar-refractivity contribution in [1.29, 1.82) is 0 Å². The van der Waals surface area contributed by atoms with Gasteiger partial charge in [0, 0.05) is 13.0 Å². The first-order valence-electron chi connectivity index (χ1n) is 4.30. The summed E-state index contributed by atoms with van der Waals surface area (Å²) in [5.74, 6) is -1.45. The minimum Gasteiger partial charge on any atom is -0.481 e. The number of rotatable bonds is 4. The molecule has 0 aromatic heterocycles. The Hall–Kier alpha value is -1.59. The van der Waals surface area contributed by atoms with E-state index in [0.717, 1.165) is 4.90 Å². The van der Waals surface area contributed by atoms with E-state index in [1.165, 1.54) is 0 Å². The van der Waals surface area contributed by atoms with Crippen molar-refractivity contribution in [2.75, 3.05) is 13.1 Å². The number of nitrogens with zero attached hydrogens (tertiary/aromatic N) is 1. The quantitative estimate of drug-likeness (QED) is 0.607. The van der Waals surface area contributed by atoms with E-state index in [1.54, 1.807) is 6.92 Å². The number of carbonyl (C=O) groups excluding carboxylic acids is 2. The molecule has 0 aromatic rings. The summed E-state index contributed by atoms with van der Waals surface area (Å²) in [6, 6.07) is -0.438. The minimum absolute atomic E-state index is 0.0125. The van der Waals surface area contributed by atoms with Crippen molar-refractivity contribution in [1.82, 2.24) is 10.2 Å². The van der Waals surface area contributed by atoms with E-state index in [0.29, 0.717) is 0 Å². The van der Waals surface area contributed by atoms with Gasteiger partial charge in [0.25, 0.3) is 0 Å². The predicted octanol–water partition coefficient (Wildman–Crippen LogP) is -0.351. The molecule has 3 amide bonds. The van der Waals surface area contributed by atoms with Gasteiger partial charge in [-0.3, -0.25) is 14.5 Å². The SMILES string of the molecule is CC(CC(=O)O)CN1C(=O)CNC1=O. The highest BCUT2D eigenvalue weighted by molar-refractivity contribution is 6.01. The zero-order valence-corrected chi connectivity index (χ0v) is 7.82.